The normalized spacial score (nSPS) is 9.11. The van der Waals surface area contributed by atoms with Crippen LogP contribution in [0.1, 0.15) is 19.8 Å². The number of halogens is 1. The minimum Gasteiger partial charge on any atom is -0.466 e. The molecule has 0 aromatic carbocycles. The Kier molecular flexibility index (Phi) is 6.46. The summed E-state index contributed by atoms with van der Waals surface area (Å²) < 4.78 is 5.64. The molecule has 0 fully saturated rings. The molecule has 0 aromatic rings. The van der Waals surface area contributed by atoms with Crippen LogP contribution in [0.2, 0.25) is 0 Å². The third-order valence-corrected chi connectivity index (χ3v) is 1.31. The highest BCUT2D eigenvalue weighted by Gasteiger charge is 1.97. The van der Waals surface area contributed by atoms with Crippen molar-refractivity contribution in [3.8, 4) is 0 Å². The number of hydrogen-bond donors (Lipinski definition) is 0. The molecule has 0 aliphatic heterocycles. The molecule has 54 valence electrons. The molecular formula is C6H11IO2. The van der Waals surface area contributed by atoms with Gasteiger partial charge in [-0.05, 0) is 6.42 Å². The molecule has 0 rings (SSSR count). The second kappa shape index (κ2) is 6.32. The second-order valence-corrected chi connectivity index (χ2v) is 2.74. The highest BCUT2D eigenvalue weighted by molar-refractivity contribution is 14.1. The van der Waals surface area contributed by atoms with E-state index in [2.05, 4.69) is 22.6 Å². The van der Waals surface area contributed by atoms with E-state index < -0.39 is 0 Å². The molecule has 9 heavy (non-hydrogen) atoms. The van der Waals surface area contributed by atoms with Gasteiger partial charge in [-0.2, -0.15) is 0 Å². The lowest BCUT2D eigenvalue weighted by Crippen LogP contribution is -2.04. The predicted molar refractivity (Wildman–Crippen MR) is 44.8 cm³/mol. The van der Waals surface area contributed by atoms with Gasteiger partial charge in [-0.3, -0.25) is 4.79 Å². The third kappa shape index (κ3) is 6.08. The van der Waals surface area contributed by atoms with Crippen LogP contribution >= 0.6 is 22.6 Å². The molecule has 0 saturated heterocycles. The Morgan fingerprint density at radius 1 is 1.67 bits per heavy atom. The Balaban J connectivity index is 3.06. The average molecular weight is 242 g/mol. The van der Waals surface area contributed by atoms with Crippen LogP contribution in [0.25, 0.3) is 0 Å². The van der Waals surface area contributed by atoms with Crippen molar-refractivity contribution in [1.29, 1.82) is 0 Å². The third-order valence-electron chi connectivity index (χ3n) is 0.766. The van der Waals surface area contributed by atoms with Gasteiger partial charge in [-0.25, -0.2) is 0 Å². The first-order valence-corrected chi connectivity index (χ1v) is 4.55. The lowest BCUT2D eigenvalue weighted by Gasteiger charge is -1.98. The minimum atomic E-state index is -0.0775. The van der Waals surface area contributed by atoms with E-state index in [0.717, 1.165) is 10.8 Å². The van der Waals surface area contributed by atoms with Crippen LogP contribution in [0, 0.1) is 0 Å². The van der Waals surface area contributed by atoms with Gasteiger partial charge in [0, 0.05) is 4.43 Å². The summed E-state index contributed by atoms with van der Waals surface area (Å²) in [6, 6.07) is 0. The van der Waals surface area contributed by atoms with E-state index in [9.17, 15) is 4.79 Å². The van der Waals surface area contributed by atoms with Crippen molar-refractivity contribution in [1.82, 2.24) is 0 Å². The van der Waals surface area contributed by atoms with E-state index >= 15 is 0 Å². The summed E-state index contributed by atoms with van der Waals surface area (Å²) in [5, 5.41) is 0. The SMILES string of the molecule is CCCOC(=O)CCI. The highest BCUT2D eigenvalue weighted by atomic mass is 127. The van der Waals surface area contributed by atoms with Gasteiger partial charge in [-0.15, -0.1) is 0 Å². The zero-order valence-electron chi connectivity index (χ0n) is 5.52. The van der Waals surface area contributed by atoms with Crippen LogP contribution in [0.4, 0.5) is 0 Å². The Morgan fingerprint density at radius 3 is 2.78 bits per heavy atom. The van der Waals surface area contributed by atoms with Crippen LogP contribution in [0.3, 0.4) is 0 Å². The topological polar surface area (TPSA) is 26.3 Å². The largest absolute Gasteiger partial charge is 0.466 e. The van der Waals surface area contributed by atoms with Crippen molar-refractivity contribution in [2.45, 2.75) is 19.8 Å². The maximum absolute atomic E-state index is 10.6. The molecule has 0 aliphatic rings. The van der Waals surface area contributed by atoms with Crippen LogP contribution in [0.15, 0.2) is 0 Å². The number of alkyl halides is 1. The molecular weight excluding hydrogens is 231 g/mol. The highest BCUT2D eigenvalue weighted by Crippen LogP contribution is 1.92. The van der Waals surface area contributed by atoms with Crippen molar-refractivity contribution in [2.75, 3.05) is 11.0 Å². The smallest absolute Gasteiger partial charge is 0.306 e. The Labute approximate surface area is 69.1 Å². The van der Waals surface area contributed by atoms with Gasteiger partial charge in [0.05, 0.1) is 13.0 Å². The quantitative estimate of drug-likeness (QED) is 0.426. The van der Waals surface area contributed by atoms with E-state index in [1.165, 1.54) is 0 Å². The molecule has 0 saturated carbocycles. The van der Waals surface area contributed by atoms with E-state index in [0.29, 0.717) is 13.0 Å². The molecule has 0 unspecified atom stereocenters. The molecule has 0 heterocycles. The molecule has 0 amide bonds. The lowest BCUT2D eigenvalue weighted by atomic mass is 10.5. The second-order valence-electron chi connectivity index (χ2n) is 1.66. The van der Waals surface area contributed by atoms with Gasteiger partial charge < -0.3 is 4.74 Å². The van der Waals surface area contributed by atoms with Gasteiger partial charge in [0.1, 0.15) is 0 Å². The number of hydrogen-bond acceptors (Lipinski definition) is 2. The van der Waals surface area contributed by atoms with Gasteiger partial charge in [0.25, 0.3) is 0 Å². The van der Waals surface area contributed by atoms with Crippen LogP contribution in [0.5, 0.6) is 0 Å². The number of rotatable bonds is 4. The maximum atomic E-state index is 10.6. The summed E-state index contributed by atoms with van der Waals surface area (Å²) in [6.07, 6.45) is 1.45. The van der Waals surface area contributed by atoms with Gasteiger partial charge in [-0.1, -0.05) is 29.5 Å². The number of carbonyl (C=O) groups is 1. The molecule has 0 N–H and O–H groups in total. The fraction of sp³-hybridized carbons (Fsp3) is 0.833. The molecule has 0 radical (unpaired) electrons. The van der Waals surface area contributed by atoms with E-state index in [1.54, 1.807) is 0 Å². The molecule has 0 spiro atoms. The standard InChI is InChI=1S/C6H11IO2/c1-2-5-9-6(8)3-4-7/h2-5H2,1H3. The first kappa shape index (κ1) is 9.20. The summed E-state index contributed by atoms with van der Waals surface area (Å²) in [4.78, 5) is 10.6. The van der Waals surface area contributed by atoms with Crippen LogP contribution < -0.4 is 0 Å². The monoisotopic (exact) mass is 242 g/mol. The summed E-state index contributed by atoms with van der Waals surface area (Å²) in [6.45, 7) is 2.55. The molecule has 2 nitrogen and oxygen atoms in total. The van der Waals surface area contributed by atoms with Gasteiger partial charge >= 0.3 is 5.97 Å². The zero-order chi connectivity index (χ0) is 7.11. The van der Waals surface area contributed by atoms with Crippen LogP contribution in [-0.4, -0.2) is 17.0 Å². The maximum Gasteiger partial charge on any atom is 0.306 e. The average Bonchev–Trinajstić information content (AvgIpc) is 1.85. The van der Waals surface area contributed by atoms with Crippen molar-refractivity contribution in [3.63, 3.8) is 0 Å². The Morgan fingerprint density at radius 2 is 2.33 bits per heavy atom. The van der Waals surface area contributed by atoms with Crippen molar-refractivity contribution >= 4 is 28.6 Å². The number of carbonyl (C=O) groups excluding carboxylic acids is 1. The van der Waals surface area contributed by atoms with E-state index in [-0.39, 0.29) is 5.97 Å². The van der Waals surface area contributed by atoms with E-state index in [1.807, 2.05) is 6.92 Å². The lowest BCUT2D eigenvalue weighted by molar-refractivity contribution is -0.143. The summed E-state index contributed by atoms with van der Waals surface area (Å²) in [5.74, 6) is -0.0775. The number of esters is 1. The predicted octanol–water partition coefficient (Wildman–Crippen LogP) is 1.76. The molecule has 3 heteroatoms. The van der Waals surface area contributed by atoms with Crippen molar-refractivity contribution < 1.29 is 9.53 Å². The Hall–Kier alpha value is 0.200. The first-order chi connectivity index (χ1) is 4.31. The minimum absolute atomic E-state index is 0.0775. The summed E-state index contributed by atoms with van der Waals surface area (Å²) in [5.41, 5.74) is 0. The van der Waals surface area contributed by atoms with Crippen LogP contribution in [-0.2, 0) is 9.53 Å². The first-order valence-electron chi connectivity index (χ1n) is 3.02. The molecule has 0 aromatic heterocycles. The summed E-state index contributed by atoms with van der Waals surface area (Å²) in [7, 11) is 0. The molecule has 0 bridgehead atoms. The van der Waals surface area contributed by atoms with Crippen molar-refractivity contribution in [3.05, 3.63) is 0 Å². The summed E-state index contributed by atoms with van der Waals surface area (Å²) >= 11 is 2.15. The van der Waals surface area contributed by atoms with Gasteiger partial charge in [0.15, 0.2) is 0 Å². The van der Waals surface area contributed by atoms with Crippen molar-refractivity contribution in [2.24, 2.45) is 0 Å². The fourth-order valence-electron chi connectivity index (χ4n) is 0.365. The fourth-order valence-corrected chi connectivity index (χ4v) is 0.806. The number of ether oxygens (including phenoxy) is 1. The molecule has 0 aliphatic carbocycles. The Bertz CT molecular complexity index is 83.1. The van der Waals surface area contributed by atoms with Gasteiger partial charge in [0.2, 0.25) is 0 Å². The molecule has 0 atom stereocenters. The van der Waals surface area contributed by atoms with E-state index in [4.69, 9.17) is 4.74 Å². The zero-order valence-corrected chi connectivity index (χ0v) is 7.68.